The van der Waals surface area contributed by atoms with Crippen LogP contribution < -0.4 is 0 Å². The van der Waals surface area contributed by atoms with Crippen LogP contribution in [0.25, 0.3) is 0 Å². The molecule has 6 nitrogen and oxygen atoms in total. The maximum absolute atomic E-state index is 12.8. The summed E-state index contributed by atoms with van der Waals surface area (Å²) in [5.74, 6) is -1.01. The van der Waals surface area contributed by atoms with Gasteiger partial charge in [-0.25, -0.2) is 0 Å². The molecule has 0 amide bonds. The second-order valence-electron chi connectivity index (χ2n) is 19.5. The number of esters is 3. The van der Waals surface area contributed by atoms with Crippen LogP contribution >= 0.6 is 0 Å². The van der Waals surface area contributed by atoms with Crippen molar-refractivity contribution in [2.45, 2.75) is 264 Å². The summed E-state index contributed by atoms with van der Waals surface area (Å²) in [5, 5.41) is 0. The van der Waals surface area contributed by atoms with Gasteiger partial charge in [-0.2, -0.15) is 0 Å². The van der Waals surface area contributed by atoms with Gasteiger partial charge in [-0.1, -0.05) is 257 Å². The van der Waals surface area contributed by atoms with Crippen molar-refractivity contribution in [2.75, 3.05) is 13.2 Å². The molecule has 0 aliphatic rings. The van der Waals surface area contributed by atoms with Crippen molar-refractivity contribution in [1.29, 1.82) is 0 Å². The van der Waals surface area contributed by atoms with Gasteiger partial charge in [0.1, 0.15) is 13.2 Å². The molecule has 418 valence electrons. The average molecular weight is 1020 g/mol. The van der Waals surface area contributed by atoms with E-state index in [1.165, 1.54) is 89.9 Å². The molecule has 0 radical (unpaired) electrons. The minimum atomic E-state index is -0.825. The molecule has 74 heavy (non-hydrogen) atoms. The summed E-state index contributed by atoms with van der Waals surface area (Å²) in [7, 11) is 0. The summed E-state index contributed by atoms with van der Waals surface area (Å²) in [4.78, 5) is 38.1. The predicted molar refractivity (Wildman–Crippen MR) is 320 cm³/mol. The van der Waals surface area contributed by atoms with Gasteiger partial charge in [0.15, 0.2) is 6.10 Å². The first-order valence-electron chi connectivity index (χ1n) is 30.2. The van der Waals surface area contributed by atoms with Crippen LogP contribution in [0.1, 0.15) is 258 Å². The molecule has 0 aromatic heterocycles. The van der Waals surface area contributed by atoms with Gasteiger partial charge in [0.25, 0.3) is 0 Å². The lowest BCUT2D eigenvalue weighted by Gasteiger charge is -2.18. The highest BCUT2D eigenvalue weighted by Crippen LogP contribution is 2.15. The van der Waals surface area contributed by atoms with Gasteiger partial charge >= 0.3 is 17.9 Å². The molecule has 0 saturated carbocycles. The first-order chi connectivity index (χ1) is 36.5. The number of allylic oxidation sites excluding steroid dienone is 22. The number of rotatable bonds is 53. The number of unbranched alkanes of at least 4 members (excludes halogenated alkanes) is 20. The Bertz CT molecular complexity index is 1600. The van der Waals surface area contributed by atoms with Crippen molar-refractivity contribution in [3.05, 3.63) is 134 Å². The van der Waals surface area contributed by atoms with Crippen LogP contribution in [0.15, 0.2) is 134 Å². The predicted octanol–water partition coefficient (Wildman–Crippen LogP) is 20.6. The standard InChI is InChI=1S/C68H110O6/c1-4-7-10-13-16-19-22-24-26-28-30-31-32-33-34-35-36-37-39-40-42-44-46-49-52-55-58-61-67(70)73-64-65(63-72-66(69)60-57-54-51-48-21-18-15-12-9-6-3)74-68(71)62-59-56-53-50-47-45-43-41-38-29-27-25-23-20-17-14-11-8-5-2/h7-8,10-12,15-17,19-20,24-27,30-31,38,41,45,47,53,56,65H,4-6,9,13-14,18,21-23,28-29,32-37,39-40,42-44,46,48-52,54-55,57-64H2,1-3H3/b10-7-,11-8-,15-12-,19-16-,20-17-,26-24-,27-25-,31-30-,41-38-,47-45-,56-53-. The van der Waals surface area contributed by atoms with Crippen LogP contribution in [0.4, 0.5) is 0 Å². The lowest BCUT2D eigenvalue weighted by Crippen LogP contribution is -2.30. The van der Waals surface area contributed by atoms with Crippen molar-refractivity contribution in [2.24, 2.45) is 0 Å². The first kappa shape index (κ1) is 69.5. The monoisotopic (exact) mass is 1020 g/mol. The summed E-state index contributed by atoms with van der Waals surface area (Å²) in [6, 6.07) is 0. The van der Waals surface area contributed by atoms with E-state index >= 15 is 0 Å². The maximum atomic E-state index is 12.8. The zero-order chi connectivity index (χ0) is 53.6. The minimum Gasteiger partial charge on any atom is -0.462 e. The Morgan fingerprint density at radius 2 is 0.554 bits per heavy atom. The van der Waals surface area contributed by atoms with Crippen molar-refractivity contribution in [3.8, 4) is 0 Å². The molecule has 0 heterocycles. The van der Waals surface area contributed by atoms with Crippen LogP contribution in [0, 0.1) is 0 Å². The van der Waals surface area contributed by atoms with Crippen LogP contribution in [-0.4, -0.2) is 37.2 Å². The van der Waals surface area contributed by atoms with Crippen molar-refractivity contribution in [1.82, 2.24) is 0 Å². The molecule has 0 spiro atoms. The number of carbonyl (C=O) groups is 3. The second kappa shape index (κ2) is 61.1. The van der Waals surface area contributed by atoms with Crippen molar-refractivity contribution < 1.29 is 28.6 Å². The average Bonchev–Trinajstić information content (AvgIpc) is 3.40. The van der Waals surface area contributed by atoms with E-state index in [1.54, 1.807) is 0 Å². The summed E-state index contributed by atoms with van der Waals surface area (Å²) < 4.78 is 16.8. The largest absolute Gasteiger partial charge is 0.462 e. The van der Waals surface area contributed by atoms with Gasteiger partial charge in [-0.15, -0.1) is 0 Å². The van der Waals surface area contributed by atoms with Crippen molar-refractivity contribution in [3.63, 3.8) is 0 Å². The number of hydrogen-bond donors (Lipinski definition) is 0. The van der Waals surface area contributed by atoms with Crippen LogP contribution in [-0.2, 0) is 28.6 Å². The lowest BCUT2D eigenvalue weighted by atomic mass is 10.0. The summed E-state index contributed by atoms with van der Waals surface area (Å²) >= 11 is 0. The van der Waals surface area contributed by atoms with Gasteiger partial charge in [0.2, 0.25) is 0 Å². The van der Waals surface area contributed by atoms with Crippen LogP contribution in [0.3, 0.4) is 0 Å². The third kappa shape index (κ3) is 58.4. The normalized spacial score (nSPS) is 13.1. The first-order valence-corrected chi connectivity index (χ1v) is 30.2. The molecule has 0 N–H and O–H groups in total. The molecule has 0 aromatic carbocycles. The molecule has 0 aliphatic heterocycles. The van der Waals surface area contributed by atoms with E-state index in [2.05, 4.69) is 142 Å². The minimum absolute atomic E-state index is 0.114. The third-order valence-corrected chi connectivity index (χ3v) is 12.4. The number of ether oxygens (including phenoxy) is 3. The molecular formula is C68H110O6. The van der Waals surface area contributed by atoms with E-state index < -0.39 is 12.1 Å². The summed E-state index contributed by atoms with van der Waals surface area (Å²) in [5.41, 5.74) is 0. The topological polar surface area (TPSA) is 78.9 Å². The summed E-state index contributed by atoms with van der Waals surface area (Å²) in [6.07, 6.45) is 86.2. The van der Waals surface area contributed by atoms with E-state index in [1.807, 2.05) is 12.2 Å². The molecule has 0 aliphatic carbocycles. The van der Waals surface area contributed by atoms with Gasteiger partial charge in [-0.3, -0.25) is 14.4 Å². The Balaban J connectivity index is 4.33. The van der Waals surface area contributed by atoms with E-state index in [4.69, 9.17) is 14.2 Å². The molecular weight excluding hydrogens is 913 g/mol. The maximum Gasteiger partial charge on any atom is 0.306 e. The SMILES string of the molecule is CC/C=C\C/C=C\C/C=C\C/C=C\C/C=C\C/C=C\CCC(=O)OC(COC(=O)CCCCCCC/C=C\CCC)COC(=O)CCCCCCCCCCCCCCCC/C=C\C/C=C\C/C=C\C/C=C\CC. The Morgan fingerprint density at radius 3 is 0.892 bits per heavy atom. The molecule has 0 bridgehead atoms. The quantitative estimate of drug-likeness (QED) is 0.0261. The number of carbonyl (C=O) groups excluding carboxylic acids is 3. The van der Waals surface area contributed by atoms with Crippen LogP contribution in [0.5, 0.6) is 0 Å². The highest BCUT2D eigenvalue weighted by molar-refractivity contribution is 5.71. The Hall–Kier alpha value is -4.45. The third-order valence-electron chi connectivity index (χ3n) is 12.4. The fraction of sp³-hybridized carbons (Fsp3) is 0.632. The van der Waals surface area contributed by atoms with E-state index in [9.17, 15) is 14.4 Å². The fourth-order valence-electron chi connectivity index (χ4n) is 7.93. The van der Waals surface area contributed by atoms with Crippen molar-refractivity contribution >= 4 is 17.9 Å². The molecule has 0 aromatic rings. The molecule has 1 unspecified atom stereocenters. The molecule has 1 atom stereocenters. The fourth-order valence-corrected chi connectivity index (χ4v) is 7.93. The molecule has 0 rings (SSSR count). The smallest absolute Gasteiger partial charge is 0.306 e. The number of hydrogen-bond acceptors (Lipinski definition) is 6. The summed E-state index contributed by atoms with van der Waals surface area (Å²) in [6.45, 7) is 6.28. The Labute approximate surface area is 455 Å². The van der Waals surface area contributed by atoms with Gasteiger partial charge in [0.05, 0.1) is 0 Å². The highest BCUT2D eigenvalue weighted by Gasteiger charge is 2.19. The van der Waals surface area contributed by atoms with Gasteiger partial charge in [0, 0.05) is 19.3 Å². The lowest BCUT2D eigenvalue weighted by molar-refractivity contribution is -0.166. The zero-order valence-corrected chi connectivity index (χ0v) is 47.8. The molecule has 0 saturated heterocycles. The van der Waals surface area contributed by atoms with E-state index in [-0.39, 0.29) is 31.6 Å². The Morgan fingerprint density at radius 1 is 0.284 bits per heavy atom. The van der Waals surface area contributed by atoms with Gasteiger partial charge < -0.3 is 14.2 Å². The highest BCUT2D eigenvalue weighted by atomic mass is 16.6. The zero-order valence-electron chi connectivity index (χ0n) is 47.8. The Kier molecular flexibility index (Phi) is 57.4. The van der Waals surface area contributed by atoms with Gasteiger partial charge in [-0.05, 0) is 116 Å². The van der Waals surface area contributed by atoms with Crippen LogP contribution in [0.2, 0.25) is 0 Å². The molecule has 0 fully saturated rings. The van der Waals surface area contributed by atoms with E-state index in [0.29, 0.717) is 19.3 Å². The second-order valence-corrected chi connectivity index (χ2v) is 19.5. The van der Waals surface area contributed by atoms with E-state index in [0.717, 1.165) is 122 Å². The molecule has 6 heteroatoms.